The number of nitrogens with zero attached hydrogens (tertiary/aromatic N) is 1. The SMILES string of the molecule is CC1=c2cc3c(cc2CCC1)=C(C)c1cc2c(cc1O3)N(C)CCC2. The first-order valence-corrected chi connectivity index (χ1v) is 9.52. The molecule has 0 saturated carbocycles. The summed E-state index contributed by atoms with van der Waals surface area (Å²) in [5.41, 5.74) is 8.42. The monoisotopic (exact) mass is 331 g/mol. The maximum Gasteiger partial charge on any atom is 0.137 e. The summed E-state index contributed by atoms with van der Waals surface area (Å²) < 4.78 is 6.42. The summed E-state index contributed by atoms with van der Waals surface area (Å²) in [6.07, 6.45) is 6.08. The van der Waals surface area contributed by atoms with E-state index in [2.05, 4.69) is 50.1 Å². The summed E-state index contributed by atoms with van der Waals surface area (Å²) in [6.45, 7) is 5.65. The topological polar surface area (TPSA) is 12.5 Å². The van der Waals surface area contributed by atoms with Gasteiger partial charge in [-0.3, -0.25) is 0 Å². The van der Waals surface area contributed by atoms with Gasteiger partial charge in [-0.25, -0.2) is 0 Å². The number of hydrogen-bond donors (Lipinski definition) is 0. The summed E-state index contributed by atoms with van der Waals surface area (Å²) in [6, 6.07) is 9.30. The zero-order valence-corrected chi connectivity index (χ0v) is 15.4. The van der Waals surface area contributed by atoms with E-state index in [1.165, 1.54) is 76.1 Å². The molecule has 0 unspecified atom stereocenters. The minimum Gasteiger partial charge on any atom is -0.456 e. The van der Waals surface area contributed by atoms with E-state index >= 15 is 0 Å². The van der Waals surface area contributed by atoms with Crippen molar-refractivity contribution in [2.24, 2.45) is 0 Å². The van der Waals surface area contributed by atoms with Crippen molar-refractivity contribution in [1.82, 2.24) is 0 Å². The first-order valence-electron chi connectivity index (χ1n) is 9.52. The summed E-state index contributed by atoms with van der Waals surface area (Å²) in [4.78, 5) is 2.36. The van der Waals surface area contributed by atoms with Gasteiger partial charge in [-0.2, -0.15) is 0 Å². The van der Waals surface area contributed by atoms with Gasteiger partial charge in [-0.1, -0.05) is 5.57 Å². The fourth-order valence-electron chi connectivity index (χ4n) is 4.72. The summed E-state index contributed by atoms with van der Waals surface area (Å²) >= 11 is 0. The van der Waals surface area contributed by atoms with Crippen molar-refractivity contribution in [3.05, 3.63) is 51.4 Å². The zero-order chi connectivity index (χ0) is 17.1. The normalized spacial score (nSPS) is 18.1. The molecule has 1 aliphatic carbocycles. The van der Waals surface area contributed by atoms with E-state index in [9.17, 15) is 0 Å². The van der Waals surface area contributed by atoms with E-state index in [0.717, 1.165) is 18.0 Å². The van der Waals surface area contributed by atoms with Crippen molar-refractivity contribution in [2.75, 3.05) is 18.5 Å². The number of ether oxygens (including phenoxy) is 1. The fraction of sp³-hybridized carbons (Fsp3) is 0.391. The zero-order valence-electron chi connectivity index (χ0n) is 15.4. The maximum atomic E-state index is 6.42. The van der Waals surface area contributed by atoms with Gasteiger partial charge in [0.1, 0.15) is 11.5 Å². The van der Waals surface area contributed by atoms with Crippen molar-refractivity contribution in [3.63, 3.8) is 0 Å². The molecule has 0 spiro atoms. The van der Waals surface area contributed by atoms with Gasteiger partial charge in [0.15, 0.2) is 0 Å². The molecule has 5 rings (SSSR count). The third-order valence-corrected chi connectivity index (χ3v) is 6.22. The van der Waals surface area contributed by atoms with Crippen molar-refractivity contribution in [2.45, 2.75) is 46.0 Å². The minimum absolute atomic E-state index is 1.02. The Kier molecular flexibility index (Phi) is 3.25. The fourth-order valence-corrected chi connectivity index (χ4v) is 4.72. The van der Waals surface area contributed by atoms with Gasteiger partial charge in [-0.15, -0.1) is 0 Å². The smallest absolute Gasteiger partial charge is 0.137 e. The average Bonchev–Trinajstić information content (AvgIpc) is 2.61. The van der Waals surface area contributed by atoms with Crippen LogP contribution in [0.4, 0.5) is 5.69 Å². The molecule has 0 amide bonds. The van der Waals surface area contributed by atoms with Crippen LogP contribution in [0.15, 0.2) is 24.3 Å². The van der Waals surface area contributed by atoms with Crippen molar-refractivity contribution in [1.29, 1.82) is 0 Å². The lowest BCUT2D eigenvalue weighted by Crippen LogP contribution is -2.27. The van der Waals surface area contributed by atoms with Crippen molar-refractivity contribution < 1.29 is 4.74 Å². The molecule has 0 fully saturated rings. The Balaban J connectivity index is 1.77. The predicted octanol–water partition coefficient (Wildman–Crippen LogP) is 3.90. The largest absolute Gasteiger partial charge is 0.456 e. The highest BCUT2D eigenvalue weighted by Gasteiger charge is 2.23. The van der Waals surface area contributed by atoms with Crippen LogP contribution in [-0.4, -0.2) is 13.6 Å². The van der Waals surface area contributed by atoms with E-state index in [1.807, 2.05) is 0 Å². The average molecular weight is 331 g/mol. The molecule has 2 nitrogen and oxygen atoms in total. The molecule has 3 aliphatic rings. The first-order chi connectivity index (χ1) is 12.1. The Morgan fingerprint density at radius 1 is 0.840 bits per heavy atom. The predicted molar refractivity (Wildman–Crippen MR) is 104 cm³/mol. The molecule has 128 valence electrons. The second-order valence-corrected chi connectivity index (χ2v) is 7.87. The van der Waals surface area contributed by atoms with Gasteiger partial charge >= 0.3 is 0 Å². The summed E-state index contributed by atoms with van der Waals surface area (Å²) in [7, 11) is 2.19. The van der Waals surface area contributed by atoms with Gasteiger partial charge in [-0.05, 0) is 86.1 Å². The molecule has 25 heavy (non-hydrogen) atoms. The number of benzene rings is 2. The third-order valence-electron chi connectivity index (χ3n) is 6.22. The molecule has 0 atom stereocenters. The molecule has 0 N–H and O–H groups in total. The lowest BCUT2D eigenvalue weighted by atomic mass is 9.90. The van der Waals surface area contributed by atoms with Crippen LogP contribution in [0.1, 0.15) is 49.8 Å². The molecule has 0 saturated heterocycles. The molecular formula is C23H25NO. The van der Waals surface area contributed by atoms with Crippen LogP contribution in [0.2, 0.25) is 0 Å². The second kappa shape index (κ2) is 5.39. The molecule has 2 heterocycles. The molecule has 0 bridgehead atoms. The van der Waals surface area contributed by atoms with Crippen LogP contribution in [0.3, 0.4) is 0 Å². The maximum absolute atomic E-state index is 6.42. The van der Waals surface area contributed by atoms with Crippen molar-refractivity contribution in [3.8, 4) is 11.5 Å². The highest BCUT2D eigenvalue weighted by molar-refractivity contribution is 5.77. The third kappa shape index (κ3) is 2.23. The Bertz CT molecular complexity index is 1020. The highest BCUT2D eigenvalue weighted by Crippen LogP contribution is 2.39. The quantitative estimate of drug-likeness (QED) is 0.726. The van der Waals surface area contributed by atoms with Crippen LogP contribution in [-0.2, 0) is 12.8 Å². The van der Waals surface area contributed by atoms with Crippen molar-refractivity contribution >= 4 is 16.8 Å². The Morgan fingerprint density at radius 3 is 2.56 bits per heavy atom. The van der Waals surface area contributed by atoms with Crippen LogP contribution < -0.4 is 20.1 Å². The van der Waals surface area contributed by atoms with E-state index in [0.29, 0.717) is 0 Å². The van der Waals surface area contributed by atoms with E-state index in [-0.39, 0.29) is 0 Å². The number of rotatable bonds is 0. The molecule has 2 aliphatic heterocycles. The van der Waals surface area contributed by atoms with Crippen LogP contribution in [0.25, 0.3) is 11.1 Å². The van der Waals surface area contributed by atoms with Gasteiger partial charge in [0, 0.05) is 36.1 Å². The second-order valence-electron chi connectivity index (χ2n) is 7.87. The van der Waals surface area contributed by atoms with Gasteiger partial charge in [0.05, 0.1) is 0 Å². The summed E-state index contributed by atoms with van der Waals surface area (Å²) in [5, 5.41) is 2.70. The van der Waals surface area contributed by atoms with Crippen LogP contribution in [0.5, 0.6) is 11.5 Å². The van der Waals surface area contributed by atoms with Gasteiger partial charge in [0.2, 0.25) is 0 Å². The number of fused-ring (bicyclic) bond motifs is 4. The van der Waals surface area contributed by atoms with E-state index < -0.39 is 0 Å². The minimum atomic E-state index is 1.02. The number of anilines is 1. The Labute approximate surface area is 149 Å². The number of hydrogen-bond acceptors (Lipinski definition) is 2. The first kappa shape index (κ1) is 15.1. The lowest BCUT2D eigenvalue weighted by molar-refractivity contribution is 0.470. The molecular weight excluding hydrogens is 306 g/mol. The molecule has 2 aromatic carbocycles. The van der Waals surface area contributed by atoms with E-state index in [4.69, 9.17) is 4.74 Å². The van der Waals surface area contributed by atoms with Crippen LogP contribution >= 0.6 is 0 Å². The highest BCUT2D eigenvalue weighted by atomic mass is 16.5. The number of aryl methyl sites for hydroxylation is 2. The van der Waals surface area contributed by atoms with Gasteiger partial charge < -0.3 is 9.64 Å². The molecule has 2 heteroatoms. The molecule has 0 aromatic heterocycles. The summed E-state index contributed by atoms with van der Waals surface area (Å²) in [5.74, 6) is 2.05. The van der Waals surface area contributed by atoms with E-state index in [1.54, 1.807) is 0 Å². The Morgan fingerprint density at radius 2 is 1.68 bits per heavy atom. The standard InChI is InChI=1S/C23H25NO/c1-14-6-4-7-16-10-19-15(2)20-11-17-8-5-9-24(3)21(17)13-23(20)25-22(19)12-18(14)16/h10-13H,4-9H2,1-3H3. The Hall–Kier alpha value is -2.22. The van der Waals surface area contributed by atoms with Gasteiger partial charge in [0.25, 0.3) is 0 Å². The molecule has 0 radical (unpaired) electrons. The molecule has 2 aromatic rings. The lowest BCUT2D eigenvalue weighted by Gasteiger charge is -2.30. The van der Waals surface area contributed by atoms with Crippen LogP contribution in [0, 0.1) is 0 Å².